The zero-order valence-electron chi connectivity index (χ0n) is 17.8. The molecule has 0 aromatic carbocycles. The molecule has 7 heteroatoms. The van der Waals surface area contributed by atoms with Crippen LogP contribution in [0, 0.1) is 0 Å². The van der Waals surface area contributed by atoms with Crippen LogP contribution in [0.4, 0.5) is 0 Å². The van der Waals surface area contributed by atoms with Crippen LogP contribution in [0.5, 0.6) is 0 Å². The van der Waals surface area contributed by atoms with Crippen molar-refractivity contribution in [3.05, 3.63) is 0 Å². The van der Waals surface area contributed by atoms with Crippen molar-refractivity contribution in [1.29, 1.82) is 0 Å². The fraction of sp³-hybridized carbons (Fsp3) is 1.00. The van der Waals surface area contributed by atoms with E-state index in [9.17, 15) is 8.42 Å². The van der Waals surface area contributed by atoms with E-state index in [4.69, 9.17) is 4.55 Å². The summed E-state index contributed by atoms with van der Waals surface area (Å²) in [5.74, 6) is -0.189. The Balaban J connectivity index is -0.000000333. The Morgan fingerprint density at radius 2 is 1.13 bits per heavy atom. The molecule has 0 fully saturated rings. The zero-order chi connectivity index (χ0) is 15.8. The summed E-state index contributed by atoms with van der Waals surface area (Å²) < 4.78 is 29.5. The molecule has 4 nitrogen and oxygen atoms in total. The Kier molecular flexibility index (Phi) is 28.2. The molecule has 0 saturated heterocycles. The van der Waals surface area contributed by atoms with Crippen LogP contribution in [0.1, 0.15) is 86.8 Å². The molecule has 0 spiro atoms. The summed E-state index contributed by atoms with van der Waals surface area (Å²) in [6.07, 6.45) is 15.9. The predicted octanol–water partition coefficient (Wildman–Crippen LogP) is -1.60. The van der Waals surface area contributed by atoms with Crippen molar-refractivity contribution >= 4 is 10.1 Å². The first-order valence-electron chi connectivity index (χ1n) is 8.72. The van der Waals surface area contributed by atoms with Gasteiger partial charge in [-0.3, -0.25) is 4.55 Å². The van der Waals surface area contributed by atoms with E-state index < -0.39 is 10.1 Å². The van der Waals surface area contributed by atoms with Gasteiger partial charge in [0.05, 0.1) is 5.75 Å². The number of nitrogens with one attached hydrogen (secondary N) is 1. The Labute approximate surface area is 191 Å². The minimum absolute atomic E-state index is 0. The van der Waals surface area contributed by atoms with E-state index in [1.165, 1.54) is 70.6 Å². The van der Waals surface area contributed by atoms with Gasteiger partial charge in [-0.15, -0.1) is 0 Å². The molecule has 0 aliphatic carbocycles. The van der Waals surface area contributed by atoms with E-state index in [1.807, 2.05) is 0 Å². The second kappa shape index (κ2) is 21.9. The van der Waals surface area contributed by atoms with Gasteiger partial charge in [-0.25, -0.2) is 0 Å². The molecule has 0 aliphatic heterocycles. The standard InChI is InChI=1S/C16H35NO3S.2Na.2H/c1-2-3-4-5-6-7-8-9-10-11-12-13-14-17-15-16-21(18,19)20;;;;/h17H,2-16H2,1H3,(H,18,19,20);;;;/q;2*+1;2*-1. The molecule has 0 bridgehead atoms. The van der Waals surface area contributed by atoms with Crippen molar-refractivity contribution in [2.24, 2.45) is 0 Å². The molecule has 0 amide bonds. The normalized spacial score (nSPS) is 10.9. The van der Waals surface area contributed by atoms with Gasteiger partial charge in [0.25, 0.3) is 10.1 Å². The summed E-state index contributed by atoms with van der Waals surface area (Å²) in [6.45, 7) is 3.44. The monoisotopic (exact) mass is 369 g/mol. The summed E-state index contributed by atoms with van der Waals surface area (Å²) >= 11 is 0. The van der Waals surface area contributed by atoms with Crippen molar-refractivity contribution in [2.45, 2.75) is 84.0 Å². The van der Waals surface area contributed by atoms with E-state index in [0.717, 1.165) is 13.0 Å². The smallest absolute Gasteiger partial charge is 1.00 e. The zero-order valence-corrected chi connectivity index (χ0v) is 20.6. The molecule has 2 N–H and O–H groups in total. The first-order valence-corrected chi connectivity index (χ1v) is 10.3. The summed E-state index contributed by atoms with van der Waals surface area (Å²) in [5.41, 5.74) is 0. The average molecular weight is 370 g/mol. The van der Waals surface area contributed by atoms with E-state index in [2.05, 4.69) is 12.2 Å². The number of hydrogen-bond donors (Lipinski definition) is 2. The summed E-state index contributed by atoms with van der Waals surface area (Å²) in [6, 6.07) is 0. The van der Waals surface area contributed by atoms with Crippen LogP contribution < -0.4 is 64.4 Å². The molecular formula is C16H37NNa2O3S. The molecule has 132 valence electrons. The molecule has 0 unspecified atom stereocenters. The van der Waals surface area contributed by atoms with Crippen LogP contribution in [0.3, 0.4) is 0 Å². The number of hydrogen-bond acceptors (Lipinski definition) is 3. The van der Waals surface area contributed by atoms with Gasteiger partial charge in [-0.2, -0.15) is 8.42 Å². The maximum atomic E-state index is 10.5. The van der Waals surface area contributed by atoms with Crippen molar-refractivity contribution in [3.63, 3.8) is 0 Å². The van der Waals surface area contributed by atoms with E-state index in [0.29, 0.717) is 6.54 Å². The third-order valence-electron chi connectivity index (χ3n) is 3.74. The Hall–Kier alpha value is 1.87. The topological polar surface area (TPSA) is 66.4 Å². The third kappa shape index (κ3) is 28.9. The van der Waals surface area contributed by atoms with Crippen molar-refractivity contribution < 1.29 is 74.9 Å². The Morgan fingerprint density at radius 1 is 0.739 bits per heavy atom. The minimum atomic E-state index is -3.80. The summed E-state index contributed by atoms with van der Waals surface area (Å²) in [4.78, 5) is 0. The summed E-state index contributed by atoms with van der Waals surface area (Å²) in [7, 11) is -3.80. The fourth-order valence-electron chi connectivity index (χ4n) is 2.42. The fourth-order valence-corrected chi connectivity index (χ4v) is 2.82. The molecule has 0 saturated carbocycles. The molecule has 0 aliphatic rings. The minimum Gasteiger partial charge on any atom is -1.00 e. The second-order valence-corrected chi connectivity index (χ2v) is 7.50. The van der Waals surface area contributed by atoms with Crippen LogP contribution in [-0.4, -0.2) is 31.8 Å². The number of rotatable bonds is 16. The molecule has 0 atom stereocenters. The Bertz CT molecular complexity index is 325. The van der Waals surface area contributed by atoms with E-state index >= 15 is 0 Å². The second-order valence-electron chi connectivity index (χ2n) is 5.93. The quantitative estimate of drug-likeness (QED) is 0.195. The van der Waals surface area contributed by atoms with Gasteiger partial charge >= 0.3 is 59.1 Å². The summed E-state index contributed by atoms with van der Waals surface area (Å²) in [5, 5.41) is 3.04. The Morgan fingerprint density at radius 3 is 1.52 bits per heavy atom. The maximum Gasteiger partial charge on any atom is 1.00 e. The first kappa shape index (κ1) is 29.6. The van der Waals surface area contributed by atoms with Gasteiger partial charge < -0.3 is 8.17 Å². The van der Waals surface area contributed by atoms with Crippen molar-refractivity contribution in [3.8, 4) is 0 Å². The van der Waals surface area contributed by atoms with Gasteiger partial charge in [-0.05, 0) is 13.0 Å². The van der Waals surface area contributed by atoms with Crippen LogP contribution in [0.15, 0.2) is 0 Å². The molecule has 0 aromatic heterocycles. The molecule has 23 heavy (non-hydrogen) atoms. The maximum absolute atomic E-state index is 10.5. The molecular weight excluding hydrogens is 332 g/mol. The average Bonchev–Trinajstić information content (AvgIpc) is 2.42. The van der Waals surface area contributed by atoms with Crippen LogP contribution >= 0.6 is 0 Å². The molecule has 0 aromatic rings. The molecule has 0 rings (SSSR count). The van der Waals surface area contributed by atoms with Crippen molar-refractivity contribution in [2.75, 3.05) is 18.8 Å². The van der Waals surface area contributed by atoms with Gasteiger partial charge in [0, 0.05) is 6.54 Å². The van der Waals surface area contributed by atoms with E-state index in [-0.39, 0.29) is 67.7 Å². The largest absolute Gasteiger partial charge is 1.00 e. The first-order chi connectivity index (χ1) is 10.1. The SMILES string of the molecule is CCCCCCCCCCCCCCNCCS(=O)(=O)O.[H-].[H-].[Na+].[Na+]. The van der Waals surface area contributed by atoms with Gasteiger partial charge in [0.15, 0.2) is 0 Å². The molecule has 0 radical (unpaired) electrons. The van der Waals surface area contributed by atoms with Gasteiger partial charge in [0.2, 0.25) is 0 Å². The third-order valence-corrected chi connectivity index (χ3v) is 4.46. The predicted molar refractivity (Wildman–Crippen MR) is 92.6 cm³/mol. The number of unbranched alkanes of at least 4 members (excludes halogenated alkanes) is 11. The van der Waals surface area contributed by atoms with Gasteiger partial charge in [-0.1, -0.05) is 77.6 Å². The van der Waals surface area contributed by atoms with Crippen LogP contribution in [-0.2, 0) is 10.1 Å². The molecule has 0 heterocycles. The van der Waals surface area contributed by atoms with Crippen molar-refractivity contribution in [1.82, 2.24) is 5.32 Å². The van der Waals surface area contributed by atoms with Gasteiger partial charge in [0.1, 0.15) is 0 Å². The van der Waals surface area contributed by atoms with Crippen LogP contribution in [0.2, 0.25) is 0 Å². The van der Waals surface area contributed by atoms with E-state index in [1.54, 1.807) is 0 Å². The van der Waals surface area contributed by atoms with Crippen LogP contribution in [0.25, 0.3) is 0 Å².